The van der Waals surface area contributed by atoms with Gasteiger partial charge in [-0.1, -0.05) is 136 Å². The molecule has 0 aliphatic rings. The van der Waals surface area contributed by atoms with Gasteiger partial charge in [0.25, 0.3) is 0 Å². The molecule has 0 aromatic heterocycles. The van der Waals surface area contributed by atoms with E-state index in [4.69, 9.17) is 0 Å². The summed E-state index contributed by atoms with van der Waals surface area (Å²) in [6.07, 6.45) is 28.5. The Labute approximate surface area is 149 Å². The lowest BCUT2D eigenvalue weighted by Crippen LogP contribution is -1.87. The molecule has 0 rings (SSSR count). The van der Waals surface area contributed by atoms with E-state index >= 15 is 0 Å². The molecule has 0 heteroatoms. The van der Waals surface area contributed by atoms with Crippen LogP contribution in [0, 0.1) is 12.3 Å². The van der Waals surface area contributed by atoms with Crippen molar-refractivity contribution >= 4 is 0 Å². The highest BCUT2D eigenvalue weighted by molar-refractivity contribution is 4.64. The van der Waals surface area contributed by atoms with Gasteiger partial charge in [0, 0.05) is 0 Å². The molecule has 0 aromatic carbocycles. The summed E-state index contributed by atoms with van der Waals surface area (Å²) >= 11 is 0. The standard InChI is InChI=1S/C23H47/c1-4-5-6-7-8-9-10-11-12-13-14-15-16-17-18-19-20-21-22-23(2)3/h14,23H,4-13,15-22H2,1-3H3. The average Bonchev–Trinajstić information content (AvgIpc) is 2.53. The molecule has 0 aliphatic heterocycles. The van der Waals surface area contributed by atoms with E-state index in [0.717, 1.165) is 5.92 Å². The Morgan fingerprint density at radius 1 is 0.522 bits per heavy atom. The minimum absolute atomic E-state index is 0.894. The zero-order valence-electron chi connectivity index (χ0n) is 16.9. The van der Waals surface area contributed by atoms with Gasteiger partial charge in [-0.2, -0.15) is 0 Å². The lowest BCUT2D eigenvalue weighted by molar-refractivity contribution is 0.510. The van der Waals surface area contributed by atoms with Crippen molar-refractivity contribution < 1.29 is 0 Å². The van der Waals surface area contributed by atoms with Gasteiger partial charge in [0.1, 0.15) is 0 Å². The van der Waals surface area contributed by atoms with Gasteiger partial charge in [-0.3, -0.25) is 0 Å². The molecule has 0 N–H and O–H groups in total. The Bertz CT molecular complexity index is 194. The van der Waals surface area contributed by atoms with Gasteiger partial charge in [0.05, 0.1) is 0 Å². The molecule has 0 aromatic rings. The molecule has 23 heavy (non-hydrogen) atoms. The molecule has 0 aliphatic carbocycles. The van der Waals surface area contributed by atoms with E-state index in [1.807, 2.05) is 0 Å². The fourth-order valence-corrected chi connectivity index (χ4v) is 3.29. The maximum absolute atomic E-state index is 2.56. The largest absolute Gasteiger partial charge is 0.0654 e. The molecule has 0 unspecified atom stereocenters. The molecular weight excluding hydrogens is 276 g/mol. The van der Waals surface area contributed by atoms with Crippen LogP contribution in [0.5, 0.6) is 0 Å². The number of unbranched alkanes of at least 4 members (excludes halogenated alkanes) is 17. The molecule has 0 nitrogen and oxygen atoms in total. The molecule has 1 radical (unpaired) electrons. The van der Waals surface area contributed by atoms with Gasteiger partial charge in [-0.15, -0.1) is 0 Å². The molecule has 0 atom stereocenters. The fourth-order valence-electron chi connectivity index (χ4n) is 3.29. The normalized spacial score (nSPS) is 11.5. The predicted molar refractivity (Wildman–Crippen MR) is 108 cm³/mol. The van der Waals surface area contributed by atoms with E-state index in [0.29, 0.717) is 0 Å². The second-order valence-electron chi connectivity index (χ2n) is 8.00. The van der Waals surface area contributed by atoms with Crippen LogP contribution in [-0.4, -0.2) is 0 Å². The second kappa shape index (κ2) is 20.0. The third-order valence-electron chi connectivity index (χ3n) is 4.95. The molecule has 0 amide bonds. The Kier molecular flexibility index (Phi) is 20.0. The first-order valence-electron chi connectivity index (χ1n) is 11.1. The highest BCUT2D eigenvalue weighted by Gasteiger charge is 1.96. The van der Waals surface area contributed by atoms with Crippen molar-refractivity contribution in [2.45, 2.75) is 136 Å². The summed E-state index contributed by atoms with van der Waals surface area (Å²) in [6.45, 7) is 6.97. The van der Waals surface area contributed by atoms with E-state index < -0.39 is 0 Å². The first kappa shape index (κ1) is 23.0. The quantitative estimate of drug-likeness (QED) is 0.208. The highest BCUT2D eigenvalue weighted by Crippen LogP contribution is 2.14. The van der Waals surface area contributed by atoms with Crippen molar-refractivity contribution in [3.63, 3.8) is 0 Å². The van der Waals surface area contributed by atoms with Crippen LogP contribution in [0.25, 0.3) is 0 Å². The van der Waals surface area contributed by atoms with E-state index in [-0.39, 0.29) is 0 Å². The molecule has 0 heterocycles. The summed E-state index contributed by atoms with van der Waals surface area (Å²) in [7, 11) is 0. The SMILES string of the molecule is CCCCCCCCCCC[CH]CCCCCCCCC(C)C. The van der Waals surface area contributed by atoms with Crippen LogP contribution in [0.3, 0.4) is 0 Å². The van der Waals surface area contributed by atoms with Crippen LogP contribution in [0.4, 0.5) is 0 Å². The molecular formula is C23H47. The lowest BCUT2D eigenvalue weighted by atomic mass is 10.0. The first-order chi connectivity index (χ1) is 11.3. The third-order valence-corrected chi connectivity index (χ3v) is 4.95. The maximum atomic E-state index is 2.56. The summed E-state index contributed by atoms with van der Waals surface area (Å²) in [5.41, 5.74) is 0. The Morgan fingerprint density at radius 3 is 1.35 bits per heavy atom. The van der Waals surface area contributed by atoms with Crippen LogP contribution in [0.1, 0.15) is 136 Å². The van der Waals surface area contributed by atoms with E-state index in [9.17, 15) is 0 Å². The van der Waals surface area contributed by atoms with Gasteiger partial charge in [-0.25, -0.2) is 0 Å². The molecule has 0 saturated heterocycles. The van der Waals surface area contributed by atoms with Crippen LogP contribution in [-0.2, 0) is 0 Å². The smallest absolute Gasteiger partial charge is 0.0386 e. The molecule has 0 saturated carbocycles. The van der Waals surface area contributed by atoms with Crippen LogP contribution in [0.15, 0.2) is 0 Å². The molecule has 0 bridgehead atoms. The van der Waals surface area contributed by atoms with Gasteiger partial charge in [0.15, 0.2) is 0 Å². The Morgan fingerprint density at radius 2 is 0.913 bits per heavy atom. The van der Waals surface area contributed by atoms with Crippen molar-refractivity contribution in [2.75, 3.05) is 0 Å². The summed E-state index contributed by atoms with van der Waals surface area (Å²) < 4.78 is 0. The summed E-state index contributed by atoms with van der Waals surface area (Å²) in [6, 6.07) is 0. The summed E-state index contributed by atoms with van der Waals surface area (Å²) in [4.78, 5) is 0. The maximum Gasteiger partial charge on any atom is -0.0386 e. The van der Waals surface area contributed by atoms with Gasteiger partial charge in [-0.05, 0) is 12.3 Å². The van der Waals surface area contributed by atoms with Gasteiger partial charge < -0.3 is 0 Å². The van der Waals surface area contributed by atoms with Gasteiger partial charge >= 0.3 is 0 Å². The van der Waals surface area contributed by atoms with Crippen molar-refractivity contribution in [2.24, 2.45) is 5.92 Å². The van der Waals surface area contributed by atoms with Crippen molar-refractivity contribution in [1.29, 1.82) is 0 Å². The third kappa shape index (κ3) is 22.0. The average molecular weight is 324 g/mol. The van der Waals surface area contributed by atoms with Crippen molar-refractivity contribution in [3.05, 3.63) is 6.42 Å². The summed E-state index contributed by atoms with van der Waals surface area (Å²) in [5, 5.41) is 0. The number of rotatable bonds is 19. The molecule has 0 spiro atoms. The predicted octanol–water partition coefficient (Wildman–Crippen LogP) is 8.89. The topological polar surface area (TPSA) is 0 Å². The first-order valence-corrected chi connectivity index (χ1v) is 11.1. The van der Waals surface area contributed by atoms with Gasteiger partial charge in [0.2, 0.25) is 0 Å². The molecule has 0 fully saturated rings. The van der Waals surface area contributed by atoms with Crippen molar-refractivity contribution in [1.82, 2.24) is 0 Å². The minimum atomic E-state index is 0.894. The number of hydrogen-bond donors (Lipinski definition) is 0. The summed E-state index contributed by atoms with van der Waals surface area (Å²) in [5.74, 6) is 0.894. The Balaban J connectivity index is 2.95. The lowest BCUT2D eigenvalue weighted by Gasteiger charge is -2.05. The zero-order chi connectivity index (χ0) is 17.0. The van der Waals surface area contributed by atoms with Crippen LogP contribution in [0.2, 0.25) is 0 Å². The minimum Gasteiger partial charge on any atom is -0.0654 e. The van der Waals surface area contributed by atoms with Crippen LogP contribution >= 0.6 is 0 Å². The Hall–Kier alpha value is 0. The fraction of sp³-hybridized carbons (Fsp3) is 0.957. The van der Waals surface area contributed by atoms with Crippen LogP contribution < -0.4 is 0 Å². The van der Waals surface area contributed by atoms with E-state index in [2.05, 4.69) is 27.2 Å². The zero-order valence-corrected chi connectivity index (χ0v) is 16.9. The van der Waals surface area contributed by atoms with Crippen molar-refractivity contribution in [3.8, 4) is 0 Å². The number of hydrogen-bond acceptors (Lipinski definition) is 0. The highest BCUT2D eigenvalue weighted by atomic mass is 14.0. The molecule has 139 valence electrons. The van der Waals surface area contributed by atoms with E-state index in [1.165, 1.54) is 116 Å². The monoisotopic (exact) mass is 323 g/mol. The second-order valence-corrected chi connectivity index (χ2v) is 8.00. The van der Waals surface area contributed by atoms with E-state index in [1.54, 1.807) is 0 Å².